The van der Waals surface area contributed by atoms with Crippen molar-refractivity contribution in [3.63, 3.8) is 0 Å². The maximum Gasteiger partial charge on any atom is 0.264 e. The lowest BCUT2D eigenvalue weighted by Gasteiger charge is -2.31. The third-order valence-corrected chi connectivity index (χ3v) is 7.76. The van der Waals surface area contributed by atoms with Gasteiger partial charge in [-0.25, -0.2) is 12.8 Å². The van der Waals surface area contributed by atoms with Crippen LogP contribution in [0.3, 0.4) is 0 Å². The van der Waals surface area contributed by atoms with Crippen molar-refractivity contribution in [1.82, 2.24) is 10.2 Å². The van der Waals surface area contributed by atoms with Crippen molar-refractivity contribution >= 4 is 39.1 Å². The summed E-state index contributed by atoms with van der Waals surface area (Å²) in [6.07, 6.45) is 0. The van der Waals surface area contributed by atoms with E-state index >= 15 is 0 Å². The highest BCUT2D eigenvalue weighted by molar-refractivity contribution is 7.92. The molecule has 0 saturated carbocycles. The monoisotopic (exact) mass is 547 g/mol. The average Bonchev–Trinajstić information content (AvgIpc) is 2.91. The number of methoxy groups -OCH3 is 1. The zero-order chi connectivity index (χ0) is 27.2. The molecule has 196 valence electrons. The molecule has 1 N–H and O–H groups in total. The summed E-state index contributed by atoms with van der Waals surface area (Å²) in [6.45, 7) is 0.897. The summed E-state index contributed by atoms with van der Waals surface area (Å²) < 4.78 is 46.9. The molecular weight excluding hydrogens is 521 g/mol. The van der Waals surface area contributed by atoms with Crippen LogP contribution in [0.25, 0.3) is 0 Å². The first-order chi connectivity index (χ1) is 17.6. The van der Waals surface area contributed by atoms with E-state index in [9.17, 15) is 22.4 Å². The summed E-state index contributed by atoms with van der Waals surface area (Å²) in [7, 11) is -1.31. The molecule has 0 heterocycles. The minimum absolute atomic E-state index is 0.0370. The minimum atomic E-state index is -4.21. The van der Waals surface area contributed by atoms with Crippen LogP contribution in [-0.4, -0.2) is 51.9 Å². The van der Waals surface area contributed by atoms with Crippen LogP contribution in [0.15, 0.2) is 77.7 Å². The van der Waals surface area contributed by atoms with E-state index in [4.69, 9.17) is 16.3 Å². The molecule has 0 bridgehead atoms. The van der Waals surface area contributed by atoms with E-state index < -0.39 is 40.2 Å². The van der Waals surface area contributed by atoms with Crippen molar-refractivity contribution in [2.45, 2.75) is 24.4 Å². The quantitative estimate of drug-likeness (QED) is 0.416. The van der Waals surface area contributed by atoms with E-state index in [1.165, 1.54) is 98.8 Å². The van der Waals surface area contributed by atoms with Gasteiger partial charge in [-0.05, 0) is 73.2 Å². The van der Waals surface area contributed by atoms with Gasteiger partial charge in [-0.15, -0.1) is 0 Å². The number of ether oxygens (including phenoxy) is 1. The largest absolute Gasteiger partial charge is 0.497 e. The number of carbonyl (C=O) groups is 2. The van der Waals surface area contributed by atoms with Crippen LogP contribution in [0.5, 0.6) is 5.75 Å². The van der Waals surface area contributed by atoms with E-state index in [2.05, 4.69) is 5.32 Å². The minimum Gasteiger partial charge on any atom is -0.497 e. The van der Waals surface area contributed by atoms with Crippen molar-refractivity contribution < 1.29 is 27.1 Å². The van der Waals surface area contributed by atoms with Crippen molar-refractivity contribution in [3.8, 4) is 5.75 Å². The predicted molar refractivity (Wildman–Crippen MR) is 139 cm³/mol. The first kappa shape index (κ1) is 27.9. The Hall–Kier alpha value is -3.63. The van der Waals surface area contributed by atoms with Gasteiger partial charge in [0.05, 0.1) is 17.7 Å². The molecule has 0 aliphatic heterocycles. The highest BCUT2D eigenvalue weighted by Gasteiger charge is 2.32. The molecule has 0 aliphatic rings. The molecule has 0 aromatic heterocycles. The molecule has 3 aromatic carbocycles. The normalized spacial score (nSPS) is 11.9. The van der Waals surface area contributed by atoms with E-state index in [-0.39, 0.29) is 17.1 Å². The fourth-order valence-electron chi connectivity index (χ4n) is 3.59. The second kappa shape index (κ2) is 12.1. The molecule has 2 amide bonds. The fraction of sp³-hybridized carbons (Fsp3) is 0.231. The van der Waals surface area contributed by atoms with Crippen molar-refractivity contribution in [2.75, 3.05) is 25.0 Å². The highest BCUT2D eigenvalue weighted by Crippen LogP contribution is 2.27. The number of halogens is 2. The number of hydrogen-bond acceptors (Lipinski definition) is 5. The number of likely N-dealkylation sites (N-methyl/N-ethyl adjacent to an activating group) is 1. The first-order valence-electron chi connectivity index (χ1n) is 11.2. The van der Waals surface area contributed by atoms with Crippen LogP contribution < -0.4 is 14.4 Å². The van der Waals surface area contributed by atoms with Crippen LogP contribution in [0.4, 0.5) is 10.1 Å². The van der Waals surface area contributed by atoms with Gasteiger partial charge in [0, 0.05) is 18.6 Å². The van der Waals surface area contributed by atoms with Gasteiger partial charge in [0.15, 0.2) is 0 Å². The van der Waals surface area contributed by atoms with Gasteiger partial charge in [-0.3, -0.25) is 13.9 Å². The zero-order valence-corrected chi connectivity index (χ0v) is 22.1. The number of hydrogen-bond donors (Lipinski definition) is 1. The lowest BCUT2D eigenvalue weighted by atomic mass is 10.1. The Morgan fingerprint density at radius 2 is 1.59 bits per heavy atom. The first-order valence-corrected chi connectivity index (χ1v) is 13.1. The molecule has 37 heavy (non-hydrogen) atoms. The summed E-state index contributed by atoms with van der Waals surface area (Å²) in [5.41, 5.74) is 0.782. The Morgan fingerprint density at radius 3 is 2.14 bits per heavy atom. The van der Waals surface area contributed by atoms with Gasteiger partial charge < -0.3 is 15.0 Å². The standard InChI is InChI=1S/C26H27ClFN3O5S/c1-18(26(33)29-2)30(16-19-4-8-21(28)9-5-19)25(32)17-31(22-10-6-20(27)7-11-22)37(34,35)24-14-12-23(36-3)13-15-24/h4-15,18H,16-17H2,1-3H3,(H,29,33). The molecule has 0 saturated heterocycles. The predicted octanol–water partition coefficient (Wildman–Crippen LogP) is 3.85. The van der Waals surface area contributed by atoms with Gasteiger partial charge in [0.1, 0.15) is 24.2 Å². The molecule has 0 fully saturated rings. The second-order valence-electron chi connectivity index (χ2n) is 8.10. The summed E-state index contributed by atoms with van der Waals surface area (Å²) in [4.78, 5) is 27.3. The number of anilines is 1. The third-order valence-electron chi connectivity index (χ3n) is 5.72. The Bertz CT molecular complexity index is 1330. The average molecular weight is 548 g/mol. The smallest absolute Gasteiger partial charge is 0.264 e. The molecule has 3 aromatic rings. The van der Waals surface area contributed by atoms with Gasteiger partial charge in [0.2, 0.25) is 11.8 Å². The number of sulfonamides is 1. The maximum atomic E-state index is 13.7. The molecule has 0 radical (unpaired) electrons. The molecule has 3 rings (SSSR count). The number of nitrogens with one attached hydrogen (secondary N) is 1. The lowest BCUT2D eigenvalue weighted by molar-refractivity contribution is -0.139. The van der Waals surface area contributed by atoms with Gasteiger partial charge in [-0.2, -0.15) is 0 Å². The van der Waals surface area contributed by atoms with E-state index in [1.54, 1.807) is 0 Å². The van der Waals surface area contributed by atoms with Gasteiger partial charge >= 0.3 is 0 Å². The third kappa shape index (κ3) is 6.78. The Balaban J connectivity index is 2.01. The lowest BCUT2D eigenvalue weighted by Crippen LogP contribution is -2.50. The van der Waals surface area contributed by atoms with Crippen LogP contribution >= 0.6 is 11.6 Å². The summed E-state index contributed by atoms with van der Waals surface area (Å²) in [5, 5.41) is 2.89. The van der Waals surface area contributed by atoms with E-state index in [1.807, 2.05) is 0 Å². The van der Waals surface area contributed by atoms with Gasteiger partial charge in [-0.1, -0.05) is 23.7 Å². The van der Waals surface area contributed by atoms with E-state index in [0.717, 1.165) is 4.31 Å². The topological polar surface area (TPSA) is 96.0 Å². The Labute approximate surface area is 220 Å². The van der Waals surface area contributed by atoms with Gasteiger partial charge in [0.25, 0.3) is 10.0 Å². The number of benzene rings is 3. The molecule has 1 unspecified atom stereocenters. The highest BCUT2D eigenvalue weighted by atomic mass is 35.5. The molecule has 8 nitrogen and oxygen atoms in total. The van der Waals surface area contributed by atoms with Crippen LogP contribution in [0.2, 0.25) is 5.02 Å². The Kier molecular flexibility index (Phi) is 9.12. The number of rotatable bonds is 10. The molecule has 11 heteroatoms. The van der Waals surface area contributed by atoms with E-state index in [0.29, 0.717) is 16.3 Å². The number of amides is 2. The van der Waals surface area contributed by atoms with Crippen LogP contribution in [-0.2, 0) is 26.2 Å². The molecule has 0 aliphatic carbocycles. The molecular formula is C26H27ClFN3O5S. The SMILES string of the molecule is CNC(=O)C(C)N(Cc1ccc(F)cc1)C(=O)CN(c1ccc(Cl)cc1)S(=O)(=O)c1ccc(OC)cc1. The van der Waals surface area contributed by atoms with Crippen molar-refractivity contribution in [2.24, 2.45) is 0 Å². The maximum absolute atomic E-state index is 13.7. The second-order valence-corrected chi connectivity index (χ2v) is 10.4. The Morgan fingerprint density at radius 1 is 1.00 bits per heavy atom. The van der Waals surface area contributed by atoms with Crippen LogP contribution in [0.1, 0.15) is 12.5 Å². The number of carbonyl (C=O) groups excluding carboxylic acids is 2. The van der Waals surface area contributed by atoms with Crippen molar-refractivity contribution in [3.05, 3.63) is 89.2 Å². The zero-order valence-electron chi connectivity index (χ0n) is 20.5. The molecule has 0 spiro atoms. The number of nitrogens with zero attached hydrogens (tertiary/aromatic N) is 2. The van der Waals surface area contributed by atoms with Crippen LogP contribution in [0, 0.1) is 5.82 Å². The summed E-state index contributed by atoms with van der Waals surface area (Å²) in [5.74, 6) is -1.04. The fourth-order valence-corrected chi connectivity index (χ4v) is 5.13. The summed E-state index contributed by atoms with van der Waals surface area (Å²) in [6, 6.07) is 16.3. The van der Waals surface area contributed by atoms with Crippen molar-refractivity contribution in [1.29, 1.82) is 0 Å². The summed E-state index contributed by atoms with van der Waals surface area (Å²) >= 11 is 6.00. The molecule has 1 atom stereocenters.